The Morgan fingerprint density at radius 3 is 2.67 bits per heavy atom. The van der Waals surface area contributed by atoms with Gasteiger partial charge in [0.2, 0.25) is 0 Å². The molecular formula is C10H11Cl3OS. The normalized spacial score (nSPS) is 28.3. The van der Waals surface area contributed by atoms with Gasteiger partial charge in [0.05, 0.1) is 26.3 Å². The molecule has 84 valence electrons. The molecule has 15 heavy (non-hydrogen) atoms. The van der Waals surface area contributed by atoms with Crippen LogP contribution in [0.25, 0.3) is 0 Å². The molecule has 1 saturated heterocycles. The predicted octanol–water partition coefficient (Wildman–Crippen LogP) is 4.90. The molecule has 1 aromatic rings. The van der Waals surface area contributed by atoms with Crippen molar-refractivity contribution in [3.8, 4) is 0 Å². The molecule has 1 aromatic heterocycles. The Morgan fingerprint density at radius 1 is 1.47 bits per heavy atom. The highest BCUT2D eigenvalue weighted by atomic mass is 35.5. The number of alkyl halides is 1. The molecule has 1 aliphatic heterocycles. The summed E-state index contributed by atoms with van der Waals surface area (Å²) in [6.45, 7) is 2.06. The van der Waals surface area contributed by atoms with Crippen molar-refractivity contribution in [3.05, 3.63) is 20.3 Å². The van der Waals surface area contributed by atoms with Crippen LogP contribution in [-0.4, -0.2) is 12.2 Å². The fraction of sp³-hybridized carbons (Fsp3) is 0.600. The molecule has 0 aromatic carbocycles. The molecule has 0 N–H and O–H groups in total. The van der Waals surface area contributed by atoms with Crippen LogP contribution in [0.5, 0.6) is 0 Å². The first-order valence-electron chi connectivity index (χ1n) is 4.82. The molecule has 2 rings (SSSR count). The molecule has 0 aliphatic carbocycles. The van der Waals surface area contributed by atoms with Gasteiger partial charge in [0, 0.05) is 5.56 Å². The number of ether oxygens (including phenoxy) is 1. The average molecular weight is 286 g/mol. The molecule has 1 fully saturated rings. The zero-order valence-corrected chi connectivity index (χ0v) is 11.3. The van der Waals surface area contributed by atoms with E-state index >= 15 is 0 Å². The average Bonchev–Trinajstić information content (AvgIpc) is 2.71. The van der Waals surface area contributed by atoms with Crippen LogP contribution in [-0.2, 0) is 4.74 Å². The monoisotopic (exact) mass is 284 g/mol. The van der Waals surface area contributed by atoms with Crippen LogP contribution < -0.4 is 0 Å². The molecule has 1 nitrogen and oxygen atoms in total. The van der Waals surface area contributed by atoms with Gasteiger partial charge in [0.1, 0.15) is 0 Å². The van der Waals surface area contributed by atoms with Gasteiger partial charge in [0.25, 0.3) is 0 Å². The van der Waals surface area contributed by atoms with E-state index in [1.165, 1.54) is 11.3 Å². The standard InChI is InChI=1S/C10H11Cl3OS/c1-5-2-3-7(14-5)9(12)6-4-8(11)15-10(6)13/h4-5,7,9H,2-3H2,1H3. The molecule has 0 bridgehead atoms. The van der Waals surface area contributed by atoms with E-state index in [-0.39, 0.29) is 11.5 Å². The molecule has 0 radical (unpaired) electrons. The van der Waals surface area contributed by atoms with Gasteiger partial charge in [-0.15, -0.1) is 22.9 Å². The summed E-state index contributed by atoms with van der Waals surface area (Å²) in [6, 6.07) is 1.83. The quantitative estimate of drug-likeness (QED) is 0.702. The van der Waals surface area contributed by atoms with Gasteiger partial charge in [-0.1, -0.05) is 23.2 Å². The van der Waals surface area contributed by atoms with E-state index in [1.54, 1.807) is 0 Å². The van der Waals surface area contributed by atoms with E-state index in [1.807, 2.05) is 6.07 Å². The van der Waals surface area contributed by atoms with Crippen molar-refractivity contribution in [1.82, 2.24) is 0 Å². The first-order chi connectivity index (χ1) is 7.08. The summed E-state index contributed by atoms with van der Waals surface area (Å²) in [4.78, 5) is 0. The molecule has 3 atom stereocenters. The van der Waals surface area contributed by atoms with Crippen molar-refractivity contribution < 1.29 is 4.74 Å². The van der Waals surface area contributed by atoms with E-state index in [2.05, 4.69) is 6.92 Å². The van der Waals surface area contributed by atoms with Gasteiger partial charge < -0.3 is 4.74 Å². The SMILES string of the molecule is CC1CCC(C(Cl)c2cc(Cl)sc2Cl)O1. The van der Waals surface area contributed by atoms with Crippen LogP contribution in [0, 0.1) is 0 Å². The Morgan fingerprint density at radius 2 is 2.20 bits per heavy atom. The Hall–Kier alpha value is 0.530. The fourth-order valence-corrected chi connectivity index (χ4v) is 3.82. The third-order valence-corrected chi connectivity index (χ3v) is 4.61. The van der Waals surface area contributed by atoms with Crippen molar-refractivity contribution in [1.29, 1.82) is 0 Å². The maximum atomic E-state index is 6.33. The Bertz CT molecular complexity index is 352. The van der Waals surface area contributed by atoms with Gasteiger partial charge >= 0.3 is 0 Å². The summed E-state index contributed by atoms with van der Waals surface area (Å²) in [6.07, 6.45) is 2.40. The second-order valence-electron chi connectivity index (χ2n) is 3.74. The summed E-state index contributed by atoms with van der Waals surface area (Å²) in [5.41, 5.74) is 0.896. The molecule has 0 amide bonds. The van der Waals surface area contributed by atoms with E-state index in [0.29, 0.717) is 14.8 Å². The van der Waals surface area contributed by atoms with Gasteiger partial charge in [-0.05, 0) is 25.8 Å². The van der Waals surface area contributed by atoms with Gasteiger partial charge in [-0.2, -0.15) is 0 Å². The molecule has 3 unspecified atom stereocenters. The predicted molar refractivity (Wildman–Crippen MR) is 66.5 cm³/mol. The van der Waals surface area contributed by atoms with Gasteiger partial charge in [-0.25, -0.2) is 0 Å². The van der Waals surface area contributed by atoms with Crippen LogP contribution >= 0.6 is 46.1 Å². The highest BCUT2D eigenvalue weighted by molar-refractivity contribution is 7.20. The third-order valence-electron chi connectivity index (χ3n) is 2.57. The maximum absolute atomic E-state index is 6.33. The maximum Gasteiger partial charge on any atom is 0.0992 e. The Kier molecular flexibility index (Phi) is 3.84. The largest absolute Gasteiger partial charge is 0.373 e. The lowest BCUT2D eigenvalue weighted by molar-refractivity contribution is 0.0534. The van der Waals surface area contributed by atoms with E-state index in [4.69, 9.17) is 39.5 Å². The zero-order chi connectivity index (χ0) is 11.0. The Balaban J connectivity index is 2.13. The van der Waals surface area contributed by atoms with Crippen LogP contribution in [0.4, 0.5) is 0 Å². The van der Waals surface area contributed by atoms with E-state index in [9.17, 15) is 0 Å². The molecule has 0 saturated carbocycles. The van der Waals surface area contributed by atoms with Crippen LogP contribution in [0.2, 0.25) is 8.67 Å². The summed E-state index contributed by atoms with van der Waals surface area (Å²) >= 11 is 19.6. The lowest BCUT2D eigenvalue weighted by Gasteiger charge is -2.16. The first-order valence-corrected chi connectivity index (χ1v) is 6.83. The lowest BCUT2D eigenvalue weighted by Crippen LogP contribution is -2.14. The molecule has 1 aliphatic rings. The number of hydrogen-bond donors (Lipinski definition) is 0. The summed E-state index contributed by atoms with van der Waals surface area (Å²) in [7, 11) is 0. The first kappa shape index (κ1) is 12.0. The van der Waals surface area contributed by atoms with Crippen LogP contribution in [0.1, 0.15) is 30.7 Å². The molecule has 0 spiro atoms. The van der Waals surface area contributed by atoms with E-state index < -0.39 is 0 Å². The number of halogens is 3. The number of rotatable bonds is 2. The zero-order valence-electron chi connectivity index (χ0n) is 8.17. The lowest BCUT2D eigenvalue weighted by atomic mass is 10.1. The summed E-state index contributed by atoms with van der Waals surface area (Å²) in [5, 5.41) is -0.189. The van der Waals surface area contributed by atoms with Crippen molar-refractivity contribution in [3.63, 3.8) is 0 Å². The molecular weight excluding hydrogens is 275 g/mol. The minimum absolute atomic E-state index is 0.0600. The highest BCUT2D eigenvalue weighted by Crippen LogP contribution is 2.42. The second-order valence-corrected chi connectivity index (χ2v) is 6.50. The minimum Gasteiger partial charge on any atom is -0.373 e. The van der Waals surface area contributed by atoms with Crippen LogP contribution in [0.15, 0.2) is 6.07 Å². The van der Waals surface area contributed by atoms with Crippen molar-refractivity contribution in [2.45, 2.75) is 37.4 Å². The summed E-state index contributed by atoms with van der Waals surface area (Å²) in [5.74, 6) is 0. The molecule has 5 heteroatoms. The third kappa shape index (κ3) is 2.62. The van der Waals surface area contributed by atoms with Crippen LogP contribution in [0.3, 0.4) is 0 Å². The fourth-order valence-electron chi connectivity index (χ4n) is 1.79. The van der Waals surface area contributed by atoms with Crippen molar-refractivity contribution >= 4 is 46.1 Å². The number of hydrogen-bond acceptors (Lipinski definition) is 2. The molecule has 2 heterocycles. The smallest absolute Gasteiger partial charge is 0.0992 e. The minimum atomic E-state index is -0.189. The van der Waals surface area contributed by atoms with Gasteiger partial charge in [0.15, 0.2) is 0 Å². The topological polar surface area (TPSA) is 9.23 Å². The number of thiophene rings is 1. The van der Waals surface area contributed by atoms with Gasteiger partial charge in [-0.3, -0.25) is 0 Å². The summed E-state index contributed by atoms with van der Waals surface area (Å²) < 4.78 is 7.06. The van der Waals surface area contributed by atoms with E-state index in [0.717, 1.165) is 18.4 Å². The Labute approximate surface area is 108 Å². The second kappa shape index (κ2) is 4.80. The van der Waals surface area contributed by atoms with Crippen molar-refractivity contribution in [2.75, 3.05) is 0 Å². The van der Waals surface area contributed by atoms with Crippen molar-refractivity contribution in [2.24, 2.45) is 0 Å². The highest BCUT2D eigenvalue weighted by Gasteiger charge is 2.31.